The number of hydrogen-bond donors (Lipinski definition) is 2. The first-order valence-electron chi connectivity index (χ1n) is 6.29. The fourth-order valence-corrected chi connectivity index (χ4v) is 3.91. The van der Waals surface area contributed by atoms with Crippen LogP contribution in [0, 0.1) is 11.8 Å². The van der Waals surface area contributed by atoms with E-state index in [-0.39, 0.29) is 5.92 Å². The summed E-state index contributed by atoms with van der Waals surface area (Å²) in [6, 6.07) is 0.571. The van der Waals surface area contributed by atoms with Crippen LogP contribution in [0.2, 0.25) is 0 Å². The molecule has 2 N–H and O–H groups in total. The van der Waals surface area contributed by atoms with Gasteiger partial charge in [-0.2, -0.15) is 11.8 Å². The molecule has 92 valence electrons. The summed E-state index contributed by atoms with van der Waals surface area (Å²) in [4.78, 5) is 10.8. The molecule has 2 rings (SSSR count). The molecule has 1 unspecified atom stereocenters. The predicted molar refractivity (Wildman–Crippen MR) is 66.8 cm³/mol. The van der Waals surface area contributed by atoms with Crippen molar-refractivity contribution in [2.24, 2.45) is 11.8 Å². The van der Waals surface area contributed by atoms with Crippen LogP contribution >= 0.6 is 11.8 Å². The highest BCUT2D eigenvalue weighted by Crippen LogP contribution is 2.26. The summed E-state index contributed by atoms with van der Waals surface area (Å²) in [5.74, 6) is 2.78. The second-order valence-corrected chi connectivity index (χ2v) is 6.17. The van der Waals surface area contributed by atoms with Gasteiger partial charge in [-0.05, 0) is 56.1 Å². The minimum atomic E-state index is -0.606. The summed E-state index contributed by atoms with van der Waals surface area (Å²) in [6.45, 7) is 1.13. The lowest BCUT2D eigenvalue weighted by molar-refractivity contribution is -0.142. The van der Waals surface area contributed by atoms with E-state index in [4.69, 9.17) is 5.11 Å². The molecule has 4 heteroatoms. The number of carboxylic acids is 1. The Balaban J connectivity index is 1.63. The van der Waals surface area contributed by atoms with Crippen LogP contribution in [0.5, 0.6) is 0 Å². The van der Waals surface area contributed by atoms with Gasteiger partial charge in [-0.3, -0.25) is 4.79 Å². The van der Waals surface area contributed by atoms with Gasteiger partial charge in [0.25, 0.3) is 0 Å². The highest BCUT2D eigenvalue weighted by molar-refractivity contribution is 7.99. The van der Waals surface area contributed by atoms with Gasteiger partial charge in [0.2, 0.25) is 0 Å². The molecule has 0 radical (unpaired) electrons. The minimum Gasteiger partial charge on any atom is -0.481 e. The van der Waals surface area contributed by atoms with E-state index in [0.29, 0.717) is 6.04 Å². The van der Waals surface area contributed by atoms with E-state index >= 15 is 0 Å². The molecule has 3 nitrogen and oxygen atoms in total. The maximum Gasteiger partial charge on any atom is 0.306 e. The predicted octanol–water partition coefficient (Wildman–Crippen LogP) is 1.97. The smallest absolute Gasteiger partial charge is 0.306 e. The zero-order valence-corrected chi connectivity index (χ0v) is 10.5. The van der Waals surface area contributed by atoms with Gasteiger partial charge in [-0.25, -0.2) is 0 Å². The van der Waals surface area contributed by atoms with E-state index in [0.717, 1.165) is 38.1 Å². The van der Waals surface area contributed by atoms with Crippen LogP contribution < -0.4 is 5.32 Å². The van der Waals surface area contributed by atoms with Crippen LogP contribution in [-0.4, -0.2) is 35.2 Å². The molecule has 0 aromatic heterocycles. The van der Waals surface area contributed by atoms with Crippen LogP contribution in [-0.2, 0) is 4.79 Å². The van der Waals surface area contributed by atoms with Crippen molar-refractivity contribution in [3.05, 3.63) is 0 Å². The van der Waals surface area contributed by atoms with Crippen molar-refractivity contribution < 1.29 is 9.90 Å². The number of rotatable bonds is 4. The van der Waals surface area contributed by atoms with E-state index < -0.39 is 5.97 Å². The molecule has 1 aliphatic heterocycles. The Kier molecular flexibility index (Phi) is 4.53. The molecular weight excluding hydrogens is 222 g/mol. The number of aliphatic carboxylic acids is 1. The number of carboxylic acid groups (broad SMARTS) is 1. The number of thioether (sulfide) groups is 1. The van der Waals surface area contributed by atoms with E-state index in [1.807, 2.05) is 0 Å². The third-order valence-electron chi connectivity index (χ3n) is 3.80. The van der Waals surface area contributed by atoms with E-state index in [9.17, 15) is 4.79 Å². The molecular formula is C12H21NO2S. The summed E-state index contributed by atoms with van der Waals surface area (Å²) in [5.41, 5.74) is 0. The molecule has 1 aliphatic carbocycles. The second kappa shape index (κ2) is 5.92. The summed E-state index contributed by atoms with van der Waals surface area (Å²) >= 11 is 2.06. The van der Waals surface area contributed by atoms with Gasteiger partial charge < -0.3 is 10.4 Å². The summed E-state index contributed by atoms with van der Waals surface area (Å²) in [7, 11) is 0. The molecule has 1 heterocycles. The Morgan fingerprint density at radius 3 is 2.56 bits per heavy atom. The third-order valence-corrected chi connectivity index (χ3v) is 5.03. The van der Waals surface area contributed by atoms with Gasteiger partial charge in [0.05, 0.1) is 5.92 Å². The lowest BCUT2D eigenvalue weighted by Crippen LogP contribution is -2.37. The maximum atomic E-state index is 10.8. The van der Waals surface area contributed by atoms with Gasteiger partial charge in [-0.1, -0.05) is 0 Å². The van der Waals surface area contributed by atoms with Gasteiger partial charge >= 0.3 is 5.97 Å². The Hall–Kier alpha value is -0.220. The summed E-state index contributed by atoms with van der Waals surface area (Å²) < 4.78 is 0. The van der Waals surface area contributed by atoms with Gasteiger partial charge in [-0.15, -0.1) is 0 Å². The van der Waals surface area contributed by atoms with Crippen LogP contribution in [0.3, 0.4) is 0 Å². The first-order chi connectivity index (χ1) is 7.75. The highest BCUT2D eigenvalue weighted by Gasteiger charge is 2.26. The number of nitrogens with one attached hydrogen (secondary N) is 1. The van der Waals surface area contributed by atoms with Crippen molar-refractivity contribution in [1.29, 1.82) is 0 Å². The molecule has 1 saturated heterocycles. The summed E-state index contributed by atoms with van der Waals surface area (Å²) in [6.07, 6.45) is 5.13. The van der Waals surface area contributed by atoms with E-state index in [1.54, 1.807) is 0 Å². The van der Waals surface area contributed by atoms with Crippen molar-refractivity contribution in [1.82, 2.24) is 5.32 Å². The molecule has 0 aromatic carbocycles. The van der Waals surface area contributed by atoms with Gasteiger partial charge in [0.1, 0.15) is 0 Å². The topological polar surface area (TPSA) is 49.3 Å². The van der Waals surface area contributed by atoms with Crippen LogP contribution in [0.15, 0.2) is 0 Å². The SMILES string of the molecule is O=C(O)C1CCC(NCC2CCSC2)CC1. The molecule has 0 aromatic rings. The van der Waals surface area contributed by atoms with E-state index in [2.05, 4.69) is 17.1 Å². The van der Waals surface area contributed by atoms with E-state index in [1.165, 1.54) is 17.9 Å². The van der Waals surface area contributed by atoms with Crippen LogP contribution in [0.25, 0.3) is 0 Å². The highest BCUT2D eigenvalue weighted by atomic mass is 32.2. The second-order valence-electron chi connectivity index (χ2n) is 5.02. The fraction of sp³-hybridized carbons (Fsp3) is 0.917. The molecule has 1 saturated carbocycles. The van der Waals surface area contributed by atoms with Crippen molar-refractivity contribution in [3.63, 3.8) is 0 Å². The lowest BCUT2D eigenvalue weighted by atomic mass is 9.86. The molecule has 0 bridgehead atoms. The van der Waals surface area contributed by atoms with Crippen molar-refractivity contribution in [2.75, 3.05) is 18.1 Å². The van der Waals surface area contributed by atoms with Crippen molar-refractivity contribution in [2.45, 2.75) is 38.1 Å². The first-order valence-corrected chi connectivity index (χ1v) is 7.45. The lowest BCUT2D eigenvalue weighted by Gasteiger charge is -2.27. The summed E-state index contributed by atoms with van der Waals surface area (Å²) in [5, 5.41) is 12.5. The zero-order valence-electron chi connectivity index (χ0n) is 9.65. The third kappa shape index (κ3) is 3.39. The van der Waals surface area contributed by atoms with Gasteiger partial charge in [0, 0.05) is 6.04 Å². The average Bonchev–Trinajstić information content (AvgIpc) is 2.80. The molecule has 2 aliphatic rings. The Morgan fingerprint density at radius 1 is 1.25 bits per heavy atom. The van der Waals surface area contributed by atoms with Gasteiger partial charge in [0.15, 0.2) is 0 Å². The van der Waals surface area contributed by atoms with Crippen molar-refractivity contribution in [3.8, 4) is 0 Å². The maximum absolute atomic E-state index is 10.8. The molecule has 16 heavy (non-hydrogen) atoms. The Bertz CT molecular complexity index is 233. The largest absolute Gasteiger partial charge is 0.481 e. The van der Waals surface area contributed by atoms with Crippen LogP contribution in [0.4, 0.5) is 0 Å². The normalized spacial score (nSPS) is 35.1. The van der Waals surface area contributed by atoms with Crippen molar-refractivity contribution >= 4 is 17.7 Å². The average molecular weight is 243 g/mol. The number of carbonyl (C=O) groups is 1. The molecule has 1 atom stereocenters. The monoisotopic (exact) mass is 243 g/mol. The quantitative estimate of drug-likeness (QED) is 0.792. The number of hydrogen-bond acceptors (Lipinski definition) is 3. The molecule has 0 spiro atoms. The van der Waals surface area contributed by atoms with Crippen LogP contribution in [0.1, 0.15) is 32.1 Å². The minimum absolute atomic E-state index is 0.0833. The zero-order chi connectivity index (χ0) is 11.4. The fourth-order valence-electron chi connectivity index (χ4n) is 2.62. The Labute approximate surface area is 101 Å². The standard InChI is InChI=1S/C12H21NO2S/c14-12(15)10-1-3-11(4-2-10)13-7-9-5-6-16-8-9/h9-11,13H,1-8H2,(H,14,15). The molecule has 2 fully saturated rings. The Morgan fingerprint density at radius 2 is 2.00 bits per heavy atom. The molecule has 0 amide bonds. The first kappa shape index (κ1) is 12.2.